The molecule has 2 saturated heterocycles. The molecule has 0 radical (unpaired) electrons. The molecular weight excluding hydrogens is 368 g/mol. The normalized spacial score (nSPS) is 18.8. The van der Waals surface area contributed by atoms with Crippen LogP contribution in [0, 0.1) is 5.92 Å². The summed E-state index contributed by atoms with van der Waals surface area (Å²) in [6, 6.07) is 7.93. The molecule has 2 fully saturated rings. The van der Waals surface area contributed by atoms with Gasteiger partial charge in [0.05, 0.1) is 16.7 Å². The summed E-state index contributed by atoms with van der Waals surface area (Å²) in [7, 11) is 0. The summed E-state index contributed by atoms with van der Waals surface area (Å²) in [4.78, 5) is 26.2. The summed E-state index contributed by atoms with van der Waals surface area (Å²) >= 11 is 0. The molecule has 7 nitrogen and oxygen atoms in total. The minimum Gasteiger partial charge on any atom is -0.444 e. The monoisotopic (exact) mass is 398 g/mol. The predicted octanol–water partition coefficient (Wildman–Crippen LogP) is 3.17. The maximum absolute atomic E-state index is 12.3. The number of para-hydroxylation sites is 2. The second kappa shape index (κ2) is 7.78. The van der Waals surface area contributed by atoms with Crippen LogP contribution in [0.3, 0.4) is 0 Å². The van der Waals surface area contributed by atoms with Crippen LogP contribution >= 0.6 is 0 Å². The highest BCUT2D eigenvalue weighted by molar-refractivity contribution is 5.77. The molecule has 2 aliphatic heterocycles. The third kappa shape index (κ3) is 4.29. The Kier molecular flexibility index (Phi) is 5.34. The van der Waals surface area contributed by atoms with Crippen LogP contribution in [0.5, 0.6) is 0 Å². The van der Waals surface area contributed by atoms with Crippen molar-refractivity contribution in [2.75, 3.05) is 37.7 Å². The summed E-state index contributed by atoms with van der Waals surface area (Å²) in [6.07, 6.45) is 1.64. The first-order valence-electron chi connectivity index (χ1n) is 10.4. The van der Waals surface area contributed by atoms with E-state index in [0.29, 0.717) is 19.0 Å². The van der Waals surface area contributed by atoms with E-state index in [1.54, 1.807) is 4.90 Å². The van der Waals surface area contributed by atoms with Crippen molar-refractivity contribution in [3.8, 4) is 0 Å². The van der Waals surface area contributed by atoms with E-state index in [9.17, 15) is 9.90 Å². The number of piperidine rings is 1. The lowest BCUT2D eigenvalue weighted by Crippen LogP contribution is -2.51. The number of anilines is 1. The fourth-order valence-electron chi connectivity index (χ4n) is 3.97. The summed E-state index contributed by atoms with van der Waals surface area (Å²) in [5, 5.41) is 9.45. The number of ether oxygens (including phenoxy) is 1. The highest BCUT2D eigenvalue weighted by Crippen LogP contribution is 2.35. The smallest absolute Gasteiger partial charge is 0.410 e. The van der Waals surface area contributed by atoms with Gasteiger partial charge in [-0.1, -0.05) is 12.1 Å². The van der Waals surface area contributed by atoms with E-state index in [0.717, 1.165) is 48.5 Å². The van der Waals surface area contributed by atoms with Crippen molar-refractivity contribution in [3.63, 3.8) is 0 Å². The topological polar surface area (TPSA) is 78.8 Å². The van der Waals surface area contributed by atoms with Gasteiger partial charge in [0.1, 0.15) is 5.60 Å². The number of carbonyl (C=O) groups is 1. The number of aliphatic hydroxyl groups is 1. The Morgan fingerprint density at radius 3 is 2.34 bits per heavy atom. The van der Waals surface area contributed by atoms with Gasteiger partial charge in [0.15, 0.2) is 5.82 Å². The maximum atomic E-state index is 12.3. The van der Waals surface area contributed by atoms with E-state index in [1.807, 2.05) is 45.0 Å². The van der Waals surface area contributed by atoms with Crippen LogP contribution in [0.25, 0.3) is 11.0 Å². The second-order valence-electron chi connectivity index (χ2n) is 9.12. The molecule has 0 aliphatic carbocycles. The van der Waals surface area contributed by atoms with Crippen molar-refractivity contribution in [2.24, 2.45) is 5.92 Å². The molecule has 0 saturated carbocycles. The molecule has 0 bridgehead atoms. The first-order chi connectivity index (χ1) is 13.8. The Morgan fingerprint density at radius 1 is 1.14 bits per heavy atom. The fraction of sp³-hybridized carbons (Fsp3) is 0.591. The number of carbonyl (C=O) groups excluding carboxylic acids is 1. The van der Waals surface area contributed by atoms with E-state index in [1.165, 1.54) is 0 Å². The number of hydrogen-bond acceptors (Lipinski definition) is 6. The molecule has 0 spiro atoms. The van der Waals surface area contributed by atoms with E-state index in [-0.39, 0.29) is 18.6 Å². The number of fused-ring (bicyclic) bond motifs is 1. The third-order valence-corrected chi connectivity index (χ3v) is 5.67. The Balaban J connectivity index is 1.56. The van der Waals surface area contributed by atoms with Gasteiger partial charge in [-0.2, -0.15) is 0 Å². The Morgan fingerprint density at radius 2 is 1.76 bits per heavy atom. The standard InChI is InChI=1S/C22H30N4O3/c1-22(2,3)29-21(28)26-12-16(13-26)19-20(25-10-8-15(14-27)9-11-25)24-18-7-5-4-6-17(18)23-19/h4-7,15-16,27H,8-14H2,1-3H3. The number of hydrogen-bond donors (Lipinski definition) is 1. The van der Waals surface area contributed by atoms with E-state index >= 15 is 0 Å². The van der Waals surface area contributed by atoms with Crippen molar-refractivity contribution < 1.29 is 14.6 Å². The molecule has 29 heavy (non-hydrogen) atoms. The number of aromatic nitrogens is 2. The number of likely N-dealkylation sites (tertiary alicyclic amines) is 1. The average molecular weight is 399 g/mol. The zero-order valence-electron chi connectivity index (χ0n) is 17.5. The highest BCUT2D eigenvalue weighted by Gasteiger charge is 2.38. The molecule has 0 unspecified atom stereocenters. The van der Waals surface area contributed by atoms with Gasteiger partial charge in [0.2, 0.25) is 0 Å². The lowest BCUT2D eigenvalue weighted by molar-refractivity contribution is 0.00790. The molecule has 1 aromatic heterocycles. The molecule has 2 aromatic rings. The van der Waals surface area contributed by atoms with Gasteiger partial charge in [-0.3, -0.25) is 0 Å². The zero-order valence-corrected chi connectivity index (χ0v) is 17.5. The molecule has 4 rings (SSSR count). The number of nitrogens with zero attached hydrogens (tertiary/aromatic N) is 4. The van der Waals surface area contributed by atoms with Crippen LogP contribution in [0.4, 0.5) is 10.6 Å². The van der Waals surface area contributed by atoms with Gasteiger partial charge in [-0.05, 0) is 51.7 Å². The van der Waals surface area contributed by atoms with Gasteiger partial charge in [-0.25, -0.2) is 14.8 Å². The molecule has 3 heterocycles. The second-order valence-corrected chi connectivity index (χ2v) is 9.12. The summed E-state index contributed by atoms with van der Waals surface area (Å²) in [6.45, 7) is 8.82. The van der Waals surface area contributed by atoms with E-state index in [2.05, 4.69) is 4.90 Å². The van der Waals surface area contributed by atoms with E-state index in [4.69, 9.17) is 14.7 Å². The Hall–Kier alpha value is -2.41. The molecule has 7 heteroatoms. The predicted molar refractivity (Wildman–Crippen MR) is 112 cm³/mol. The Bertz CT molecular complexity index is 881. The van der Waals surface area contributed by atoms with Gasteiger partial charge in [0, 0.05) is 38.7 Å². The van der Waals surface area contributed by atoms with Crippen LogP contribution in [-0.2, 0) is 4.74 Å². The largest absolute Gasteiger partial charge is 0.444 e. The third-order valence-electron chi connectivity index (χ3n) is 5.67. The van der Waals surface area contributed by atoms with Gasteiger partial charge in [-0.15, -0.1) is 0 Å². The minimum atomic E-state index is -0.493. The van der Waals surface area contributed by atoms with Crippen LogP contribution < -0.4 is 4.90 Å². The molecule has 1 N–H and O–H groups in total. The van der Waals surface area contributed by atoms with E-state index < -0.39 is 5.60 Å². The lowest BCUT2D eigenvalue weighted by Gasteiger charge is -2.41. The number of benzene rings is 1. The Labute approximate surface area is 171 Å². The molecule has 1 aromatic carbocycles. The van der Waals surface area contributed by atoms with Gasteiger partial charge < -0.3 is 19.6 Å². The average Bonchev–Trinajstić information content (AvgIpc) is 2.65. The molecule has 1 amide bonds. The van der Waals surface area contributed by atoms with Crippen molar-refractivity contribution >= 4 is 22.9 Å². The van der Waals surface area contributed by atoms with Crippen LogP contribution in [-0.4, -0.2) is 64.5 Å². The maximum Gasteiger partial charge on any atom is 0.410 e. The summed E-state index contributed by atoms with van der Waals surface area (Å²) in [5.41, 5.74) is 2.24. The molecule has 156 valence electrons. The summed E-state index contributed by atoms with van der Waals surface area (Å²) < 4.78 is 5.48. The van der Waals surface area contributed by atoms with Gasteiger partial charge in [0.25, 0.3) is 0 Å². The lowest BCUT2D eigenvalue weighted by atomic mass is 9.94. The SMILES string of the molecule is CC(C)(C)OC(=O)N1CC(c2nc3ccccc3nc2N2CCC(CO)CC2)C1. The first-order valence-corrected chi connectivity index (χ1v) is 10.4. The number of aliphatic hydroxyl groups excluding tert-OH is 1. The molecular formula is C22H30N4O3. The quantitative estimate of drug-likeness (QED) is 0.856. The minimum absolute atomic E-state index is 0.158. The van der Waals surface area contributed by atoms with Crippen LogP contribution in [0.2, 0.25) is 0 Å². The molecule has 0 atom stereocenters. The van der Waals surface area contributed by atoms with Gasteiger partial charge >= 0.3 is 6.09 Å². The first kappa shape index (κ1) is 19.9. The zero-order chi connectivity index (χ0) is 20.6. The van der Waals surface area contributed by atoms with Crippen molar-refractivity contribution in [2.45, 2.75) is 45.1 Å². The molecule has 2 aliphatic rings. The highest BCUT2D eigenvalue weighted by atomic mass is 16.6. The van der Waals surface area contributed by atoms with Crippen LogP contribution in [0.15, 0.2) is 24.3 Å². The van der Waals surface area contributed by atoms with Crippen molar-refractivity contribution in [1.82, 2.24) is 14.9 Å². The van der Waals surface area contributed by atoms with Crippen molar-refractivity contribution in [1.29, 1.82) is 0 Å². The van der Waals surface area contributed by atoms with Crippen molar-refractivity contribution in [3.05, 3.63) is 30.0 Å². The fourth-order valence-corrected chi connectivity index (χ4v) is 3.97. The summed E-state index contributed by atoms with van der Waals surface area (Å²) in [5.74, 6) is 1.45. The number of amides is 1. The number of rotatable bonds is 3. The van der Waals surface area contributed by atoms with Crippen LogP contribution in [0.1, 0.15) is 45.2 Å².